The van der Waals surface area contributed by atoms with Gasteiger partial charge in [0.05, 0.1) is 11.4 Å². The van der Waals surface area contributed by atoms with Crippen molar-refractivity contribution in [2.45, 2.75) is 32.5 Å². The SMILES string of the molecule is CCC(CSC)N(C)Cc1cccc(CN)n1. The van der Waals surface area contributed by atoms with Crippen LogP contribution in [0, 0.1) is 0 Å². The molecule has 0 bridgehead atoms. The largest absolute Gasteiger partial charge is 0.325 e. The topological polar surface area (TPSA) is 42.1 Å². The molecular weight excluding hydrogens is 230 g/mol. The molecule has 96 valence electrons. The minimum Gasteiger partial charge on any atom is -0.325 e. The van der Waals surface area contributed by atoms with Crippen LogP contribution >= 0.6 is 11.8 Å². The van der Waals surface area contributed by atoms with Crippen molar-refractivity contribution in [2.75, 3.05) is 19.1 Å². The lowest BCUT2D eigenvalue weighted by molar-refractivity contribution is 0.245. The number of thioether (sulfide) groups is 1. The van der Waals surface area contributed by atoms with Gasteiger partial charge in [0.15, 0.2) is 0 Å². The maximum Gasteiger partial charge on any atom is 0.0547 e. The maximum absolute atomic E-state index is 5.60. The first-order valence-corrected chi connectivity index (χ1v) is 7.44. The fourth-order valence-electron chi connectivity index (χ4n) is 1.86. The van der Waals surface area contributed by atoms with E-state index >= 15 is 0 Å². The van der Waals surface area contributed by atoms with Gasteiger partial charge in [-0.1, -0.05) is 13.0 Å². The minimum atomic E-state index is 0.513. The van der Waals surface area contributed by atoms with Gasteiger partial charge in [-0.05, 0) is 31.9 Å². The van der Waals surface area contributed by atoms with Crippen molar-refractivity contribution in [1.29, 1.82) is 0 Å². The fourth-order valence-corrected chi connectivity index (χ4v) is 2.74. The zero-order valence-electron chi connectivity index (χ0n) is 11.0. The highest BCUT2D eigenvalue weighted by Gasteiger charge is 2.12. The molecule has 0 amide bonds. The van der Waals surface area contributed by atoms with Gasteiger partial charge in [-0.3, -0.25) is 9.88 Å². The Morgan fingerprint density at radius 1 is 1.41 bits per heavy atom. The summed E-state index contributed by atoms with van der Waals surface area (Å²) in [6.07, 6.45) is 3.33. The molecule has 1 heterocycles. The van der Waals surface area contributed by atoms with Gasteiger partial charge >= 0.3 is 0 Å². The lowest BCUT2D eigenvalue weighted by Gasteiger charge is -2.26. The number of nitrogens with two attached hydrogens (primary N) is 1. The first-order chi connectivity index (χ1) is 8.21. The van der Waals surface area contributed by atoms with E-state index in [2.05, 4.69) is 36.2 Å². The van der Waals surface area contributed by atoms with Gasteiger partial charge in [0.25, 0.3) is 0 Å². The Morgan fingerprint density at radius 3 is 2.71 bits per heavy atom. The molecule has 0 aliphatic heterocycles. The molecule has 0 saturated carbocycles. The maximum atomic E-state index is 5.60. The van der Waals surface area contributed by atoms with Crippen molar-refractivity contribution in [3.8, 4) is 0 Å². The molecule has 1 aromatic heterocycles. The molecule has 0 fully saturated rings. The van der Waals surface area contributed by atoms with Crippen molar-refractivity contribution in [1.82, 2.24) is 9.88 Å². The lowest BCUT2D eigenvalue weighted by atomic mass is 10.2. The van der Waals surface area contributed by atoms with Gasteiger partial charge in [-0.2, -0.15) is 11.8 Å². The van der Waals surface area contributed by atoms with Crippen LogP contribution in [0.25, 0.3) is 0 Å². The molecule has 2 N–H and O–H groups in total. The van der Waals surface area contributed by atoms with Gasteiger partial charge in [-0.15, -0.1) is 0 Å². The summed E-state index contributed by atoms with van der Waals surface area (Å²) in [6, 6.07) is 6.70. The summed E-state index contributed by atoms with van der Waals surface area (Å²) in [4.78, 5) is 6.91. The average molecular weight is 253 g/mol. The normalized spacial score (nSPS) is 13.0. The Bertz CT molecular complexity index is 330. The summed E-state index contributed by atoms with van der Waals surface area (Å²) >= 11 is 1.90. The molecule has 0 radical (unpaired) electrons. The molecule has 1 atom stereocenters. The molecule has 0 aromatic carbocycles. The van der Waals surface area contributed by atoms with Crippen molar-refractivity contribution in [3.63, 3.8) is 0 Å². The molecule has 0 saturated heterocycles. The summed E-state index contributed by atoms with van der Waals surface area (Å²) in [5.41, 5.74) is 7.68. The molecule has 0 aliphatic rings. The number of rotatable bonds is 7. The highest BCUT2D eigenvalue weighted by atomic mass is 32.2. The fraction of sp³-hybridized carbons (Fsp3) is 0.615. The second-order valence-electron chi connectivity index (χ2n) is 4.26. The third kappa shape index (κ3) is 4.66. The van der Waals surface area contributed by atoms with E-state index in [-0.39, 0.29) is 0 Å². The molecule has 1 rings (SSSR count). The first kappa shape index (κ1) is 14.5. The standard InChI is InChI=1S/C13H23N3S/c1-4-13(10-17-3)16(2)9-12-7-5-6-11(8-14)15-12/h5-7,13H,4,8-10,14H2,1-3H3. The van der Waals surface area contributed by atoms with Crippen LogP contribution in [0.5, 0.6) is 0 Å². The molecule has 1 aromatic rings. The highest BCUT2D eigenvalue weighted by Crippen LogP contribution is 2.11. The van der Waals surface area contributed by atoms with E-state index in [0.29, 0.717) is 12.6 Å². The van der Waals surface area contributed by atoms with Gasteiger partial charge < -0.3 is 5.73 Å². The Labute approximate surface area is 109 Å². The highest BCUT2D eigenvalue weighted by molar-refractivity contribution is 7.98. The summed E-state index contributed by atoms with van der Waals surface area (Å²) in [7, 11) is 2.17. The molecule has 1 unspecified atom stereocenters. The van der Waals surface area contributed by atoms with E-state index in [1.54, 1.807) is 0 Å². The van der Waals surface area contributed by atoms with Crippen LogP contribution in [0.2, 0.25) is 0 Å². The number of nitrogens with zero attached hydrogens (tertiary/aromatic N) is 2. The van der Waals surface area contributed by atoms with Crippen molar-refractivity contribution in [3.05, 3.63) is 29.6 Å². The van der Waals surface area contributed by atoms with E-state index in [4.69, 9.17) is 5.73 Å². The van der Waals surface area contributed by atoms with Crippen molar-refractivity contribution >= 4 is 11.8 Å². The van der Waals surface area contributed by atoms with Crippen LogP contribution in [0.15, 0.2) is 18.2 Å². The zero-order chi connectivity index (χ0) is 12.7. The van der Waals surface area contributed by atoms with E-state index in [9.17, 15) is 0 Å². The quantitative estimate of drug-likeness (QED) is 0.808. The third-order valence-corrected chi connectivity index (χ3v) is 3.66. The molecule has 4 heteroatoms. The summed E-state index contributed by atoms with van der Waals surface area (Å²) in [5, 5.41) is 0. The zero-order valence-corrected chi connectivity index (χ0v) is 11.8. The van der Waals surface area contributed by atoms with E-state index < -0.39 is 0 Å². The first-order valence-electron chi connectivity index (χ1n) is 6.05. The average Bonchev–Trinajstić information content (AvgIpc) is 2.36. The van der Waals surface area contributed by atoms with E-state index in [1.165, 1.54) is 12.2 Å². The second kappa shape index (κ2) is 7.69. The van der Waals surface area contributed by atoms with Gasteiger partial charge in [-0.25, -0.2) is 0 Å². The Morgan fingerprint density at radius 2 is 2.12 bits per heavy atom. The lowest BCUT2D eigenvalue weighted by Crippen LogP contribution is -2.33. The molecular formula is C13H23N3S. The summed E-state index contributed by atoms with van der Waals surface area (Å²) in [5.74, 6) is 1.17. The minimum absolute atomic E-state index is 0.513. The van der Waals surface area contributed by atoms with Gasteiger partial charge in [0, 0.05) is 24.9 Å². The van der Waals surface area contributed by atoms with Crippen LogP contribution in [0.3, 0.4) is 0 Å². The number of pyridine rings is 1. The molecule has 3 nitrogen and oxygen atoms in total. The number of aromatic nitrogens is 1. The predicted octanol–water partition coefficient (Wildman–Crippen LogP) is 2.11. The van der Waals surface area contributed by atoms with Crippen LogP contribution < -0.4 is 5.73 Å². The van der Waals surface area contributed by atoms with Crippen molar-refractivity contribution < 1.29 is 0 Å². The van der Waals surface area contributed by atoms with Crippen molar-refractivity contribution in [2.24, 2.45) is 5.73 Å². The van der Waals surface area contributed by atoms with Gasteiger partial charge in [0.2, 0.25) is 0 Å². The molecule has 0 spiro atoms. The van der Waals surface area contributed by atoms with Crippen LogP contribution in [0.1, 0.15) is 24.7 Å². The number of hydrogen-bond donors (Lipinski definition) is 1. The summed E-state index contributed by atoms with van der Waals surface area (Å²) in [6.45, 7) is 3.65. The van der Waals surface area contributed by atoms with E-state index in [1.807, 2.05) is 23.9 Å². The molecule has 0 aliphatic carbocycles. The monoisotopic (exact) mass is 253 g/mol. The Hall–Kier alpha value is -0.580. The van der Waals surface area contributed by atoms with Gasteiger partial charge in [0.1, 0.15) is 0 Å². The Balaban J connectivity index is 2.62. The smallest absolute Gasteiger partial charge is 0.0547 e. The second-order valence-corrected chi connectivity index (χ2v) is 5.17. The Kier molecular flexibility index (Phi) is 6.55. The summed E-state index contributed by atoms with van der Waals surface area (Å²) < 4.78 is 0. The predicted molar refractivity (Wildman–Crippen MR) is 76.1 cm³/mol. The molecule has 17 heavy (non-hydrogen) atoms. The third-order valence-electron chi connectivity index (χ3n) is 2.94. The van der Waals surface area contributed by atoms with Crippen LogP contribution in [-0.2, 0) is 13.1 Å². The number of hydrogen-bond acceptors (Lipinski definition) is 4. The van der Waals surface area contributed by atoms with E-state index in [0.717, 1.165) is 17.9 Å². The van der Waals surface area contributed by atoms with Crippen LogP contribution in [0.4, 0.5) is 0 Å². The van der Waals surface area contributed by atoms with Crippen LogP contribution in [-0.4, -0.2) is 35.0 Å².